The monoisotopic (exact) mass is 312 g/mol. The van der Waals surface area contributed by atoms with E-state index in [1.54, 1.807) is 0 Å². The zero-order valence-electron chi connectivity index (χ0n) is 13.2. The second-order valence-corrected chi connectivity index (χ2v) is 7.15. The van der Waals surface area contributed by atoms with Crippen molar-refractivity contribution in [3.8, 4) is 0 Å². The van der Waals surface area contributed by atoms with Gasteiger partial charge in [0.05, 0.1) is 5.75 Å². The summed E-state index contributed by atoms with van der Waals surface area (Å²) in [6, 6.07) is 7.96. The van der Waals surface area contributed by atoms with Crippen molar-refractivity contribution in [2.75, 3.05) is 18.8 Å². The van der Waals surface area contributed by atoms with Gasteiger partial charge in [-0.1, -0.05) is 38.1 Å². The van der Waals surface area contributed by atoms with E-state index in [0.717, 1.165) is 37.9 Å². The van der Waals surface area contributed by atoms with Gasteiger partial charge in [-0.2, -0.15) is 0 Å². The van der Waals surface area contributed by atoms with Crippen LogP contribution in [0.15, 0.2) is 24.3 Å². The van der Waals surface area contributed by atoms with Gasteiger partial charge in [0.25, 0.3) is 0 Å². The van der Waals surface area contributed by atoms with E-state index in [0.29, 0.717) is 13.0 Å². The molecular formula is C16H28N2O2S. The molecule has 0 aliphatic carbocycles. The number of aryl methyl sites for hydroxylation is 1. The SMILES string of the molecule is CCCNCCCCS(=O)(=O)NCc1ccccc1CC. The molecular weight excluding hydrogens is 284 g/mol. The van der Waals surface area contributed by atoms with Crippen LogP contribution in [0.4, 0.5) is 0 Å². The van der Waals surface area contributed by atoms with Crippen LogP contribution < -0.4 is 10.0 Å². The third kappa shape index (κ3) is 7.60. The average molecular weight is 312 g/mol. The predicted octanol–water partition coefficient (Wildman–Crippen LogP) is 2.45. The molecule has 0 saturated heterocycles. The molecule has 120 valence electrons. The maximum Gasteiger partial charge on any atom is 0.211 e. The van der Waals surface area contributed by atoms with E-state index in [9.17, 15) is 8.42 Å². The molecule has 4 nitrogen and oxygen atoms in total. The Morgan fingerprint density at radius 1 is 1.00 bits per heavy atom. The Labute approximate surface area is 129 Å². The van der Waals surface area contributed by atoms with Crippen molar-refractivity contribution in [1.82, 2.24) is 10.0 Å². The first-order valence-electron chi connectivity index (χ1n) is 7.84. The molecule has 0 radical (unpaired) electrons. The highest BCUT2D eigenvalue weighted by Crippen LogP contribution is 2.09. The van der Waals surface area contributed by atoms with Crippen molar-refractivity contribution < 1.29 is 8.42 Å². The molecule has 21 heavy (non-hydrogen) atoms. The van der Waals surface area contributed by atoms with Gasteiger partial charge in [-0.25, -0.2) is 13.1 Å². The van der Waals surface area contributed by atoms with E-state index >= 15 is 0 Å². The van der Waals surface area contributed by atoms with Crippen LogP contribution in [-0.2, 0) is 23.0 Å². The quantitative estimate of drug-likeness (QED) is 0.617. The maximum atomic E-state index is 12.0. The molecule has 0 aliphatic rings. The first-order chi connectivity index (χ1) is 10.1. The minimum atomic E-state index is -3.18. The summed E-state index contributed by atoms with van der Waals surface area (Å²) >= 11 is 0. The van der Waals surface area contributed by atoms with Crippen molar-refractivity contribution in [2.45, 2.75) is 46.1 Å². The van der Waals surface area contributed by atoms with Crippen LogP contribution in [0.25, 0.3) is 0 Å². The fraction of sp³-hybridized carbons (Fsp3) is 0.625. The minimum absolute atomic E-state index is 0.203. The molecule has 0 fully saturated rings. The molecule has 0 saturated carbocycles. The highest BCUT2D eigenvalue weighted by molar-refractivity contribution is 7.89. The van der Waals surface area contributed by atoms with Gasteiger partial charge < -0.3 is 5.32 Å². The summed E-state index contributed by atoms with van der Waals surface area (Å²) in [5, 5.41) is 3.28. The van der Waals surface area contributed by atoms with Crippen molar-refractivity contribution in [1.29, 1.82) is 0 Å². The third-order valence-corrected chi connectivity index (χ3v) is 4.84. The van der Waals surface area contributed by atoms with Crippen LogP contribution in [0.2, 0.25) is 0 Å². The highest BCUT2D eigenvalue weighted by Gasteiger charge is 2.10. The summed E-state index contributed by atoms with van der Waals surface area (Å²) in [5.74, 6) is 0.203. The molecule has 0 unspecified atom stereocenters. The van der Waals surface area contributed by atoms with E-state index in [-0.39, 0.29) is 5.75 Å². The second kappa shape index (κ2) is 9.92. The van der Waals surface area contributed by atoms with Crippen molar-refractivity contribution in [3.05, 3.63) is 35.4 Å². The number of hydrogen-bond acceptors (Lipinski definition) is 3. The lowest BCUT2D eigenvalue weighted by atomic mass is 10.1. The summed E-state index contributed by atoms with van der Waals surface area (Å²) in [5.41, 5.74) is 2.26. The van der Waals surface area contributed by atoms with Gasteiger partial charge in [0, 0.05) is 6.54 Å². The van der Waals surface area contributed by atoms with E-state index in [1.165, 1.54) is 5.56 Å². The van der Waals surface area contributed by atoms with Crippen LogP contribution in [0.3, 0.4) is 0 Å². The van der Waals surface area contributed by atoms with Crippen LogP contribution in [0, 0.1) is 0 Å². The largest absolute Gasteiger partial charge is 0.317 e. The summed E-state index contributed by atoms with van der Waals surface area (Å²) in [7, 11) is -3.18. The number of rotatable bonds is 11. The lowest BCUT2D eigenvalue weighted by Crippen LogP contribution is -2.27. The first-order valence-corrected chi connectivity index (χ1v) is 9.49. The Morgan fingerprint density at radius 3 is 2.38 bits per heavy atom. The van der Waals surface area contributed by atoms with Gasteiger partial charge in [0.15, 0.2) is 0 Å². The summed E-state index contributed by atoms with van der Waals surface area (Å²) in [6.07, 6.45) is 3.62. The lowest BCUT2D eigenvalue weighted by Gasteiger charge is -2.10. The van der Waals surface area contributed by atoms with E-state index in [1.807, 2.05) is 24.3 Å². The second-order valence-electron chi connectivity index (χ2n) is 5.22. The first kappa shape index (κ1) is 18.1. The Hall–Kier alpha value is -0.910. The molecule has 0 bridgehead atoms. The number of benzene rings is 1. The highest BCUT2D eigenvalue weighted by atomic mass is 32.2. The summed E-state index contributed by atoms with van der Waals surface area (Å²) in [6.45, 7) is 6.48. The van der Waals surface area contributed by atoms with Crippen molar-refractivity contribution >= 4 is 10.0 Å². The normalized spacial score (nSPS) is 11.7. The smallest absolute Gasteiger partial charge is 0.211 e. The topological polar surface area (TPSA) is 58.2 Å². The third-order valence-electron chi connectivity index (χ3n) is 3.43. The average Bonchev–Trinajstić information content (AvgIpc) is 2.49. The molecule has 0 amide bonds. The standard InChI is InChI=1S/C16H28N2O2S/c1-3-11-17-12-7-8-13-21(19,20)18-14-16-10-6-5-9-15(16)4-2/h5-6,9-10,17-18H,3-4,7-8,11-14H2,1-2H3. The van der Waals surface area contributed by atoms with Gasteiger partial charge >= 0.3 is 0 Å². The molecule has 0 aromatic heterocycles. The Morgan fingerprint density at radius 2 is 1.71 bits per heavy atom. The molecule has 1 rings (SSSR count). The van der Waals surface area contributed by atoms with Crippen molar-refractivity contribution in [3.63, 3.8) is 0 Å². The maximum absolute atomic E-state index is 12.0. The number of sulfonamides is 1. The molecule has 0 aliphatic heterocycles. The van der Waals surface area contributed by atoms with Crippen LogP contribution in [-0.4, -0.2) is 27.3 Å². The van der Waals surface area contributed by atoms with Gasteiger partial charge in [-0.05, 0) is 49.9 Å². The molecule has 0 spiro atoms. The van der Waals surface area contributed by atoms with E-state index in [4.69, 9.17) is 0 Å². The fourth-order valence-corrected chi connectivity index (χ4v) is 3.28. The summed E-state index contributed by atoms with van der Waals surface area (Å²) in [4.78, 5) is 0. The van der Waals surface area contributed by atoms with Crippen LogP contribution >= 0.6 is 0 Å². The Balaban J connectivity index is 2.32. The van der Waals surface area contributed by atoms with E-state index in [2.05, 4.69) is 23.9 Å². The zero-order chi connectivity index (χ0) is 15.6. The van der Waals surface area contributed by atoms with Crippen LogP contribution in [0.5, 0.6) is 0 Å². The molecule has 2 N–H and O–H groups in total. The van der Waals surface area contributed by atoms with E-state index < -0.39 is 10.0 Å². The number of hydrogen-bond donors (Lipinski definition) is 2. The van der Waals surface area contributed by atoms with Crippen LogP contribution in [0.1, 0.15) is 44.2 Å². The molecule has 1 aromatic rings. The summed E-state index contributed by atoms with van der Waals surface area (Å²) < 4.78 is 26.6. The van der Waals surface area contributed by atoms with Gasteiger partial charge in [0.2, 0.25) is 10.0 Å². The Kier molecular flexibility index (Phi) is 8.57. The number of unbranched alkanes of at least 4 members (excludes halogenated alkanes) is 1. The van der Waals surface area contributed by atoms with Gasteiger partial charge in [0.1, 0.15) is 0 Å². The minimum Gasteiger partial charge on any atom is -0.317 e. The Bertz CT molecular complexity index is 501. The molecule has 0 heterocycles. The van der Waals surface area contributed by atoms with Gasteiger partial charge in [-0.15, -0.1) is 0 Å². The fourth-order valence-electron chi connectivity index (χ4n) is 2.18. The predicted molar refractivity (Wildman–Crippen MR) is 88.8 cm³/mol. The molecule has 1 aromatic carbocycles. The molecule has 0 atom stereocenters. The zero-order valence-corrected chi connectivity index (χ0v) is 14.0. The lowest BCUT2D eigenvalue weighted by molar-refractivity contribution is 0.572. The molecule has 5 heteroatoms. The van der Waals surface area contributed by atoms with Gasteiger partial charge in [-0.3, -0.25) is 0 Å². The number of nitrogens with one attached hydrogen (secondary N) is 2. The van der Waals surface area contributed by atoms with Crippen molar-refractivity contribution in [2.24, 2.45) is 0 Å².